The van der Waals surface area contributed by atoms with Crippen molar-refractivity contribution in [1.82, 2.24) is 5.32 Å². The van der Waals surface area contributed by atoms with Crippen LogP contribution >= 0.6 is 0 Å². The van der Waals surface area contributed by atoms with Crippen molar-refractivity contribution < 1.29 is 18.9 Å². The van der Waals surface area contributed by atoms with Crippen molar-refractivity contribution >= 4 is 22.7 Å². The van der Waals surface area contributed by atoms with E-state index in [2.05, 4.69) is 5.32 Å². The van der Waals surface area contributed by atoms with Crippen LogP contribution in [-0.2, 0) is 20.4 Å². The maximum absolute atomic E-state index is 11.9. The molecule has 0 aromatic carbocycles. The van der Waals surface area contributed by atoms with Gasteiger partial charge < -0.3 is 10.4 Å². The summed E-state index contributed by atoms with van der Waals surface area (Å²) in [6.07, 6.45) is 4.00. The standard InChI is InChI=1S/C12H21NO4S/c1-8(5-6-18(2)17)13-11(14)9-3-4-10(7-9)12(15)16/h8-10H,3-7H2,1-2H3,(H,13,14)(H,15,16). The van der Waals surface area contributed by atoms with Crippen LogP contribution in [0.2, 0.25) is 0 Å². The molecule has 0 saturated heterocycles. The molecule has 2 N–H and O–H groups in total. The SMILES string of the molecule is CC(CCS(C)=O)NC(=O)C1CCC(C(=O)O)C1. The average molecular weight is 275 g/mol. The first kappa shape index (κ1) is 15.1. The van der Waals surface area contributed by atoms with E-state index >= 15 is 0 Å². The molecule has 0 aromatic heterocycles. The highest BCUT2D eigenvalue weighted by Gasteiger charge is 2.34. The molecule has 0 aromatic rings. The van der Waals surface area contributed by atoms with Crippen LogP contribution in [0.3, 0.4) is 0 Å². The van der Waals surface area contributed by atoms with Crippen LogP contribution in [0, 0.1) is 11.8 Å². The van der Waals surface area contributed by atoms with E-state index in [1.807, 2.05) is 6.92 Å². The van der Waals surface area contributed by atoms with Gasteiger partial charge in [0, 0.05) is 34.8 Å². The summed E-state index contributed by atoms with van der Waals surface area (Å²) in [4.78, 5) is 22.7. The lowest BCUT2D eigenvalue weighted by Gasteiger charge is -2.16. The highest BCUT2D eigenvalue weighted by atomic mass is 32.2. The lowest BCUT2D eigenvalue weighted by atomic mass is 10.0. The molecule has 0 bridgehead atoms. The second kappa shape index (κ2) is 6.87. The van der Waals surface area contributed by atoms with Crippen molar-refractivity contribution in [3.63, 3.8) is 0 Å². The van der Waals surface area contributed by atoms with Gasteiger partial charge in [0.25, 0.3) is 0 Å². The topological polar surface area (TPSA) is 83.5 Å². The molecule has 0 aliphatic heterocycles. The molecule has 5 nitrogen and oxygen atoms in total. The number of carbonyl (C=O) groups is 2. The molecule has 1 rings (SSSR count). The Morgan fingerprint density at radius 3 is 2.50 bits per heavy atom. The van der Waals surface area contributed by atoms with Crippen LogP contribution in [0.5, 0.6) is 0 Å². The van der Waals surface area contributed by atoms with Gasteiger partial charge in [-0.2, -0.15) is 0 Å². The minimum atomic E-state index is -0.844. The zero-order chi connectivity index (χ0) is 13.7. The van der Waals surface area contributed by atoms with E-state index in [4.69, 9.17) is 5.11 Å². The average Bonchev–Trinajstić information content (AvgIpc) is 2.75. The molecule has 104 valence electrons. The first-order valence-corrected chi connectivity index (χ1v) is 7.96. The summed E-state index contributed by atoms with van der Waals surface area (Å²) in [6, 6.07) is -0.00900. The largest absolute Gasteiger partial charge is 0.481 e. The predicted molar refractivity (Wildman–Crippen MR) is 69.6 cm³/mol. The molecule has 1 fully saturated rings. The summed E-state index contributed by atoms with van der Waals surface area (Å²) in [5.74, 6) is -0.850. The number of carboxylic acids is 1. The van der Waals surface area contributed by atoms with E-state index in [0.29, 0.717) is 31.4 Å². The molecule has 0 spiro atoms. The summed E-state index contributed by atoms with van der Waals surface area (Å²) in [6.45, 7) is 1.88. The van der Waals surface area contributed by atoms with Crippen LogP contribution < -0.4 is 5.32 Å². The molecule has 1 amide bonds. The first-order chi connectivity index (χ1) is 8.40. The Labute approximate surface area is 110 Å². The third-order valence-electron chi connectivity index (χ3n) is 3.38. The fourth-order valence-corrected chi connectivity index (χ4v) is 2.91. The van der Waals surface area contributed by atoms with E-state index < -0.39 is 16.8 Å². The zero-order valence-electron chi connectivity index (χ0n) is 10.8. The van der Waals surface area contributed by atoms with Gasteiger partial charge in [-0.1, -0.05) is 0 Å². The van der Waals surface area contributed by atoms with Gasteiger partial charge in [0.1, 0.15) is 0 Å². The number of nitrogens with one attached hydrogen (secondary N) is 1. The number of amides is 1. The summed E-state index contributed by atoms with van der Waals surface area (Å²) >= 11 is 0. The fourth-order valence-electron chi connectivity index (χ4n) is 2.22. The van der Waals surface area contributed by atoms with Crippen LogP contribution in [0.15, 0.2) is 0 Å². The number of hydrogen-bond acceptors (Lipinski definition) is 3. The minimum Gasteiger partial charge on any atom is -0.481 e. The van der Waals surface area contributed by atoms with E-state index in [1.165, 1.54) is 0 Å². The van der Waals surface area contributed by atoms with Crippen molar-refractivity contribution in [1.29, 1.82) is 0 Å². The van der Waals surface area contributed by atoms with Crippen molar-refractivity contribution in [2.24, 2.45) is 11.8 Å². The zero-order valence-corrected chi connectivity index (χ0v) is 11.7. The molecule has 4 atom stereocenters. The Kier molecular flexibility index (Phi) is 5.78. The Hall–Kier alpha value is -0.910. The van der Waals surface area contributed by atoms with Crippen LogP contribution in [0.25, 0.3) is 0 Å². The smallest absolute Gasteiger partial charge is 0.306 e. The van der Waals surface area contributed by atoms with Gasteiger partial charge in [-0.15, -0.1) is 0 Å². The minimum absolute atomic E-state index is 0.00900. The van der Waals surface area contributed by atoms with E-state index in [1.54, 1.807) is 6.26 Å². The summed E-state index contributed by atoms with van der Waals surface area (Å²) < 4.78 is 10.9. The van der Waals surface area contributed by atoms with E-state index in [0.717, 1.165) is 0 Å². The lowest BCUT2D eigenvalue weighted by Crippen LogP contribution is -2.37. The second-order valence-corrected chi connectivity index (χ2v) is 6.58. The summed E-state index contributed by atoms with van der Waals surface area (Å²) in [5, 5.41) is 11.7. The second-order valence-electron chi connectivity index (χ2n) is 5.02. The summed E-state index contributed by atoms with van der Waals surface area (Å²) in [7, 11) is -0.844. The van der Waals surface area contributed by atoms with Crippen molar-refractivity contribution in [2.75, 3.05) is 12.0 Å². The monoisotopic (exact) mass is 275 g/mol. The van der Waals surface area contributed by atoms with Crippen molar-refractivity contribution in [3.05, 3.63) is 0 Å². The molecule has 4 unspecified atom stereocenters. The van der Waals surface area contributed by atoms with Crippen LogP contribution in [0.1, 0.15) is 32.6 Å². The van der Waals surface area contributed by atoms with Crippen molar-refractivity contribution in [3.8, 4) is 0 Å². The van der Waals surface area contributed by atoms with Gasteiger partial charge in [0.15, 0.2) is 0 Å². The number of rotatable bonds is 6. The lowest BCUT2D eigenvalue weighted by molar-refractivity contribution is -0.141. The first-order valence-electron chi connectivity index (χ1n) is 6.23. The van der Waals surface area contributed by atoms with Gasteiger partial charge in [0.2, 0.25) is 5.91 Å². The molecule has 1 saturated carbocycles. The molecular weight excluding hydrogens is 254 g/mol. The number of aliphatic carboxylic acids is 1. The van der Waals surface area contributed by atoms with Crippen LogP contribution in [-0.4, -0.2) is 39.2 Å². The van der Waals surface area contributed by atoms with Gasteiger partial charge in [-0.25, -0.2) is 0 Å². The van der Waals surface area contributed by atoms with E-state index in [9.17, 15) is 13.8 Å². The maximum atomic E-state index is 11.9. The maximum Gasteiger partial charge on any atom is 0.306 e. The molecule has 1 aliphatic rings. The van der Waals surface area contributed by atoms with Crippen LogP contribution in [0.4, 0.5) is 0 Å². The molecule has 18 heavy (non-hydrogen) atoms. The highest BCUT2D eigenvalue weighted by Crippen LogP contribution is 2.31. The van der Waals surface area contributed by atoms with Gasteiger partial charge in [-0.05, 0) is 32.6 Å². The fraction of sp³-hybridized carbons (Fsp3) is 0.833. The van der Waals surface area contributed by atoms with Crippen molar-refractivity contribution in [2.45, 2.75) is 38.6 Å². The van der Waals surface area contributed by atoms with Gasteiger partial charge >= 0.3 is 5.97 Å². The highest BCUT2D eigenvalue weighted by molar-refractivity contribution is 7.84. The Morgan fingerprint density at radius 1 is 1.39 bits per heavy atom. The van der Waals surface area contributed by atoms with Gasteiger partial charge in [0.05, 0.1) is 5.92 Å². The predicted octanol–water partition coefficient (Wildman–Crippen LogP) is 0.761. The molecule has 1 aliphatic carbocycles. The number of carboxylic acid groups (broad SMARTS) is 1. The quantitative estimate of drug-likeness (QED) is 0.749. The third kappa shape index (κ3) is 4.76. The molecule has 0 heterocycles. The third-order valence-corrected chi connectivity index (χ3v) is 4.19. The summed E-state index contributed by atoms with van der Waals surface area (Å²) in [5.41, 5.74) is 0. The Balaban J connectivity index is 2.33. The Morgan fingerprint density at radius 2 is 2.00 bits per heavy atom. The normalized spacial score (nSPS) is 26.6. The van der Waals surface area contributed by atoms with Gasteiger partial charge in [-0.3, -0.25) is 13.8 Å². The number of carbonyl (C=O) groups excluding carboxylic acids is 1. The molecule has 6 heteroatoms. The Bertz CT molecular complexity index is 345. The molecular formula is C12H21NO4S. The number of hydrogen-bond donors (Lipinski definition) is 2. The van der Waals surface area contributed by atoms with E-state index in [-0.39, 0.29) is 23.8 Å². The molecule has 0 radical (unpaired) electrons.